The summed E-state index contributed by atoms with van der Waals surface area (Å²) in [5, 5.41) is 0. The molecule has 0 aliphatic carbocycles. The van der Waals surface area contributed by atoms with Crippen LogP contribution in [0.4, 0.5) is 0 Å². The number of benzene rings is 3. The number of nitrogens with zero attached hydrogens (tertiary/aromatic N) is 3. The van der Waals surface area contributed by atoms with Gasteiger partial charge in [-0.3, -0.25) is 9.69 Å². The summed E-state index contributed by atoms with van der Waals surface area (Å²) in [6.07, 6.45) is 3.94. The fraction of sp³-hybridized carbons (Fsp3) is 0.323. The van der Waals surface area contributed by atoms with Crippen molar-refractivity contribution in [3.05, 3.63) is 95.6 Å². The van der Waals surface area contributed by atoms with Gasteiger partial charge in [-0.1, -0.05) is 48.0 Å². The molecule has 3 aromatic carbocycles. The van der Waals surface area contributed by atoms with Crippen LogP contribution in [0.15, 0.2) is 83.8 Å². The number of hydrogen-bond donors (Lipinski definition) is 0. The summed E-state index contributed by atoms with van der Waals surface area (Å²) < 4.78 is 38.3. The van der Waals surface area contributed by atoms with Gasteiger partial charge in [0.1, 0.15) is 11.5 Å². The Balaban J connectivity index is 1.39. The number of amides is 1. The minimum absolute atomic E-state index is 0.0367. The molecule has 9 heteroatoms. The van der Waals surface area contributed by atoms with E-state index in [1.165, 1.54) is 4.31 Å². The Morgan fingerprint density at radius 2 is 1.57 bits per heavy atom. The lowest BCUT2D eigenvalue weighted by atomic mass is 10.1. The van der Waals surface area contributed by atoms with Crippen molar-refractivity contribution in [1.82, 2.24) is 14.1 Å². The quantitative estimate of drug-likeness (QED) is 0.349. The van der Waals surface area contributed by atoms with Crippen LogP contribution >= 0.6 is 0 Å². The van der Waals surface area contributed by atoms with E-state index < -0.39 is 10.0 Å². The first-order valence-corrected chi connectivity index (χ1v) is 14.8. The summed E-state index contributed by atoms with van der Waals surface area (Å²) in [7, 11) is -0.380. The third-order valence-electron chi connectivity index (χ3n) is 7.06. The standard InChI is InChI=1S/C31H37N3O5S/c1-25-10-12-27(13-11-25)31(35)33(18-6-8-26-7-4-5-9-30(26)39-3)22-19-32-20-23-34(24-21-32)40(36,37)29-16-14-28(38-2)15-17-29/h4-17H,18-24H2,1-3H3. The van der Waals surface area contributed by atoms with Gasteiger partial charge >= 0.3 is 0 Å². The third-order valence-corrected chi connectivity index (χ3v) is 8.98. The van der Waals surface area contributed by atoms with Crippen LogP contribution in [-0.2, 0) is 10.0 Å². The van der Waals surface area contributed by atoms with Gasteiger partial charge in [0.2, 0.25) is 10.0 Å². The van der Waals surface area contributed by atoms with Crippen LogP contribution in [0.5, 0.6) is 11.5 Å². The van der Waals surface area contributed by atoms with Gasteiger partial charge < -0.3 is 14.4 Å². The van der Waals surface area contributed by atoms with Crippen molar-refractivity contribution in [2.24, 2.45) is 0 Å². The lowest BCUT2D eigenvalue weighted by Gasteiger charge is -2.35. The first-order valence-electron chi connectivity index (χ1n) is 13.3. The zero-order chi connectivity index (χ0) is 28.5. The summed E-state index contributed by atoms with van der Waals surface area (Å²) >= 11 is 0. The highest BCUT2D eigenvalue weighted by molar-refractivity contribution is 7.89. The first kappa shape index (κ1) is 29.3. The number of aryl methyl sites for hydroxylation is 1. The predicted octanol–water partition coefficient (Wildman–Crippen LogP) is 4.17. The topological polar surface area (TPSA) is 79.4 Å². The maximum atomic E-state index is 13.4. The maximum absolute atomic E-state index is 13.4. The van der Waals surface area contributed by atoms with E-state index in [0.717, 1.165) is 16.9 Å². The van der Waals surface area contributed by atoms with Crippen LogP contribution in [0.2, 0.25) is 0 Å². The monoisotopic (exact) mass is 563 g/mol. The van der Waals surface area contributed by atoms with Crippen LogP contribution in [0, 0.1) is 6.92 Å². The van der Waals surface area contributed by atoms with Gasteiger partial charge in [-0.25, -0.2) is 8.42 Å². The molecular weight excluding hydrogens is 526 g/mol. The highest BCUT2D eigenvalue weighted by Crippen LogP contribution is 2.21. The van der Waals surface area contributed by atoms with Crippen molar-refractivity contribution in [1.29, 1.82) is 0 Å². The van der Waals surface area contributed by atoms with Gasteiger partial charge in [0.25, 0.3) is 5.91 Å². The molecule has 1 amide bonds. The predicted molar refractivity (Wildman–Crippen MR) is 157 cm³/mol. The van der Waals surface area contributed by atoms with E-state index in [1.807, 2.05) is 72.5 Å². The van der Waals surface area contributed by atoms with Gasteiger partial charge in [-0.2, -0.15) is 4.31 Å². The molecule has 0 atom stereocenters. The highest BCUT2D eigenvalue weighted by Gasteiger charge is 2.29. The Morgan fingerprint density at radius 1 is 0.900 bits per heavy atom. The van der Waals surface area contributed by atoms with Crippen LogP contribution in [0.25, 0.3) is 6.08 Å². The molecule has 1 saturated heterocycles. The molecule has 1 fully saturated rings. The van der Waals surface area contributed by atoms with E-state index in [4.69, 9.17) is 9.47 Å². The van der Waals surface area contributed by atoms with Crippen molar-refractivity contribution in [3.8, 4) is 11.5 Å². The molecule has 0 saturated carbocycles. The van der Waals surface area contributed by atoms with Crippen LogP contribution in [-0.4, -0.2) is 88.5 Å². The largest absolute Gasteiger partial charge is 0.497 e. The molecule has 1 heterocycles. The Morgan fingerprint density at radius 3 is 2.23 bits per heavy atom. The van der Waals surface area contributed by atoms with E-state index in [9.17, 15) is 13.2 Å². The van der Waals surface area contributed by atoms with Crippen molar-refractivity contribution in [3.63, 3.8) is 0 Å². The SMILES string of the molecule is COc1ccc(S(=O)(=O)N2CCN(CCN(CC=Cc3ccccc3OC)C(=O)c3ccc(C)cc3)CC2)cc1. The zero-order valence-corrected chi connectivity index (χ0v) is 24.1. The number of methoxy groups -OCH3 is 2. The molecule has 1 aliphatic heterocycles. The molecule has 0 bridgehead atoms. The number of carbonyl (C=O) groups is 1. The van der Waals surface area contributed by atoms with E-state index in [1.54, 1.807) is 38.5 Å². The number of piperazine rings is 1. The Hall–Kier alpha value is -3.66. The molecule has 0 aromatic heterocycles. The van der Waals surface area contributed by atoms with Crippen LogP contribution in [0.1, 0.15) is 21.5 Å². The van der Waals surface area contributed by atoms with Crippen LogP contribution < -0.4 is 9.47 Å². The van der Waals surface area contributed by atoms with Crippen LogP contribution in [0.3, 0.4) is 0 Å². The number of hydrogen-bond acceptors (Lipinski definition) is 6. The molecule has 40 heavy (non-hydrogen) atoms. The summed E-state index contributed by atoms with van der Waals surface area (Å²) in [5.74, 6) is 1.36. The molecule has 0 radical (unpaired) electrons. The van der Waals surface area contributed by atoms with Gasteiger partial charge in [0, 0.05) is 56.9 Å². The lowest BCUT2D eigenvalue weighted by Crippen LogP contribution is -2.50. The average molecular weight is 564 g/mol. The number of rotatable bonds is 11. The summed E-state index contributed by atoms with van der Waals surface area (Å²) in [4.78, 5) is 17.7. The second-order valence-corrected chi connectivity index (χ2v) is 11.6. The first-order chi connectivity index (χ1) is 19.3. The molecule has 212 valence electrons. The smallest absolute Gasteiger partial charge is 0.254 e. The summed E-state index contributed by atoms with van der Waals surface area (Å²) in [6, 6.07) is 21.8. The molecule has 8 nitrogen and oxygen atoms in total. The second-order valence-electron chi connectivity index (χ2n) is 9.68. The molecule has 4 rings (SSSR count). The van der Waals surface area contributed by atoms with E-state index >= 15 is 0 Å². The Labute approximate surface area is 237 Å². The van der Waals surface area contributed by atoms with E-state index in [-0.39, 0.29) is 10.8 Å². The molecule has 0 N–H and O–H groups in total. The zero-order valence-electron chi connectivity index (χ0n) is 23.3. The molecule has 3 aromatic rings. The Kier molecular flexibility index (Phi) is 9.98. The van der Waals surface area contributed by atoms with E-state index in [2.05, 4.69) is 4.90 Å². The fourth-order valence-electron chi connectivity index (χ4n) is 4.62. The van der Waals surface area contributed by atoms with Crippen molar-refractivity contribution < 1.29 is 22.7 Å². The van der Waals surface area contributed by atoms with Gasteiger partial charge in [0.15, 0.2) is 0 Å². The van der Waals surface area contributed by atoms with Gasteiger partial charge in [0.05, 0.1) is 19.1 Å². The molecular formula is C31H37N3O5S. The summed E-state index contributed by atoms with van der Waals surface area (Å²) in [6.45, 7) is 5.59. The van der Waals surface area contributed by atoms with Crippen molar-refractivity contribution in [2.75, 3.05) is 60.0 Å². The molecule has 0 unspecified atom stereocenters. The van der Waals surface area contributed by atoms with Gasteiger partial charge in [-0.15, -0.1) is 0 Å². The maximum Gasteiger partial charge on any atom is 0.254 e. The summed E-state index contributed by atoms with van der Waals surface area (Å²) in [5.41, 5.74) is 2.69. The van der Waals surface area contributed by atoms with Crippen molar-refractivity contribution >= 4 is 22.0 Å². The minimum Gasteiger partial charge on any atom is -0.497 e. The molecule has 1 aliphatic rings. The number of ether oxygens (including phenoxy) is 2. The highest BCUT2D eigenvalue weighted by atomic mass is 32.2. The lowest BCUT2D eigenvalue weighted by molar-refractivity contribution is 0.0745. The number of para-hydroxylation sites is 1. The second kappa shape index (κ2) is 13.6. The molecule has 0 spiro atoms. The minimum atomic E-state index is -3.57. The third kappa shape index (κ3) is 7.29. The van der Waals surface area contributed by atoms with Crippen molar-refractivity contribution in [2.45, 2.75) is 11.8 Å². The number of carbonyl (C=O) groups excluding carboxylic acids is 1. The van der Waals surface area contributed by atoms with Gasteiger partial charge in [-0.05, 0) is 49.4 Å². The van der Waals surface area contributed by atoms with E-state index in [0.29, 0.717) is 57.1 Å². The Bertz CT molecular complexity index is 1400. The normalized spacial score (nSPS) is 14.8. The number of sulfonamides is 1. The average Bonchev–Trinajstić information content (AvgIpc) is 2.99. The fourth-order valence-corrected chi connectivity index (χ4v) is 6.04.